The van der Waals surface area contributed by atoms with Gasteiger partial charge in [0.25, 0.3) is 0 Å². The Morgan fingerprint density at radius 3 is 3.00 bits per heavy atom. The number of likely N-dealkylation sites (tertiary alicyclic amines) is 1. The van der Waals surface area contributed by atoms with Crippen molar-refractivity contribution in [1.82, 2.24) is 15.2 Å². The Morgan fingerprint density at radius 1 is 1.48 bits per heavy atom. The number of rotatable bonds is 7. The molecule has 148 valence electrons. The zero-order chi connectivity index (χ0) is 19.4. The monoisotopic (exact) mass is 389 g/mol. The Morgan fingerprint density at radius 2 is 2.30 bits per heavy atom. The maximum absolute atomic E-state index is 12.5. The van der Waals surface area contributed by atoms with Gasteiger partial charge in [0.05, 0.1) is 12.1 Å². The van der Waals surface area contributed by atoms with Crippen LogP contribution in [0.5, 0.6) is 0 Å². The predicted molar refractivity (Wildman–Crippen MR) is 110 cm³/mol. The van der Waals surface area contributed by atoms with Crippen molar-refractivity contribution >= 4 is 17.2 Å². The van der Waals surface area contributed by atoms with Crippen LogP contribution in [0.4, 0.5) is 0 Å². The van der Waals surface area contributed by atoms with Crippen LogP contribution in [0.2, 0.25) is 0 Å². The first-order valence-electron chi connectivity index (χ1n) is 9.89. The van der Waals surface area contributed by atoms with Crippen LogP contribution in [-0.2, 0) is 11.2 Å². The zero-order valence-corrected chi connectivity index (χ0v) is 17.7. The molecule has 1 unspecified atom stereocenters. The fourth-order valence-electron chi connectivity index (χ4n) is 3.69. The second-order valence-corrected chi connectivity index (χ2v) is 8.94. The maximum atomic E-state index is 12.5. The third kappa shape index (κ3) is 4.99. The summed E-state index contributed by atoms with van der Waals surface area (Å²) in [7, 11) is 0. The molecule has 0 aromatic carbocycles. The number of hydrogen-bond donors (Lipinski definition) is 1. The third-order valence-electron chi connectivity index (χ3n) is 5.66. The Kier molecular flexibility index (Phi) is 6.37. The first-order chi connectivity index (χ1) is 12.9. The Labute approximate surface area is 166 Å². The molecule has 3 heterocycles. The van der Waals surface area contributed by atoms with Crippen LogP contribution in [0.15, 0.2) is 21.2 Å². The molecule has 1 atom stereocenters. The van der Waals surface area contributed by atoms with Gasteiger partial charge in [-0.3, -0.25) is 9.69 Å². The largest absolute Gasteiger partial charge is 0.441 e. The van der Waals surface area contributed by atoms with Crippen molar-refractivity contribution in [3.8, 4) is 11.5 Å². The molecule has 5 nitrogen and oxygen atoms in total. The van der Waals surface area contributed by atoms with Gasteiger partial charge in [-0.25, -0.2) is 4.98 Å². The summed E-state index contributed by atoms with van der Waals surface area (Å²) in [6.45, 7) is 11.5. The van der Waals surface area contributed by atoms with E-state index in [0.717, 1.165) is 30.3 Å². The van der Waals surface area contributed by atoms with Gasteiger partial charge in [-0.05, 0) is 57.5 Å². The first kappa shape index (κ1) is 20.1. The highest BCUT2D eigenvalue weighted by Crippen LogP contribution is 2.26. The number of amides is 1. The number of thiophene rings is 1. The number of piperidine rings is 1. The van der Waals surface area contributed by atoms with E-state index in [0.29, 0.717) is 18.2 Å². The molecule has 0 saturated carbocycles. The van der Waals surface area contributed by atoms with Crippen molar-refractivity contribution in [2.24, 2.45) is 5.92 Å². The highest BCUT2D eigenvalue weighted by Gasteiger charge is 2.31. The van der Waals surface area contributed by atoms with Gasteiger partial charge in [0.1, 0.15) is 5.76 Å². The van der Waals surface area contributed by atoms with Gasteiger partial charge in [0.2, 0.25) is 11.8 Å². The van der Waals surface area contributed by atoms with Gasteiger partial charge < -0.3 is 9.73 Å². The predicted octanol–water partition coefficient (Wildman–Crippen LogP) is 4.27. The SMILES string of the molecule is CCC1CCCN(C(C)(C)CNC(=O)Cc2nc(-c3ccsc3)oc2C)C1. The van der Waals surface area contributed by atoms with E-state index in [1.807, 2.05) is 23.8 Å². The fourth-order valence-corrected chi connectivity index (χ4v) is 4.32. The van der Waals surface area contributed by atoms with E-state index in [2.05, 4.69) is 36.0 Å². The van der Waals surface area contributed by atoms with Gasteiger partial charge >= 0.3 is 0 Å². The fraction of sp³-hybridized carbons (Fsp3) is 0.619. The lowest BCUT2D eigenvalue weighted by atomic mass is 9.91. The molecule has 2 aromatic heterocycles. The molecule has 1 saturated heterocycles. The standard InChI is InChI=1S/C21H31N3O2S/c1-5-16-7-6-9-24(12-16)21(3,4)14-22-19(25)11-18-15(2)26-20(23-18)17-8-10-27-13-17/h8,10,13,16H,5-7,9,11-12,14H2,1-4H3,(H,22,25). The number of carbonyl (C=O) groups is 1. The van der Waals surface area contributed by atoms with Crippen LogP contribution in [-0.4, -0.2) is 41.0 Å². The molecule has 2 aromatic rings. The van der Waals surface area contributed by atoms with Crippen molar-refractivity contribution in [1.29, 1.82) is 0 Å². The number of aromatic nitrogens is 1. The summed E-state index contributed by atoms with van der Waals surface area (Å²) in [5, 5.41) is 7.11. The average Bonchev–Trinajstić information content (AvgIpc) is 3.31. The van der Waals surface area contributed by atoms with Gasteiger partial charge in [-0.2, -0.15) is 11.3 Å². The maximum Gasteiger partial charge on any atom is 0.227 e. The molecule has 0 spiro atoms. The molecule has 1 fully saturated rings. The van der Waals surface area contributed by atoms with E-state index < -0.39 is 0 Å². The summed E-state index contributed by atoms with van der Waals surface area (Å²) < 4.78 is 5.73. The lowest BCUT2D eigenvalue weighted by Crippen LogP contribution is -2.55. The van der Waals surface area contributed by atoms with Crippen LogP contribution in [0.1, 0.15) is 51.5 Å². The van der Waals surface area contributed by atoms with E-state index in [-0.39, 0.29) is 17.9 Å². The zero-order valence-electron chi connectivity index (χ0n) is 16.9. The minimum atomic E-state index is -0.0375. The third-order valence-corrected chi connectivity index (χ3v) is 6.34. The van der Waals surface area contributed by atoms with Gasteiger partial charge in [-0.1, -0.05) is 13.3 Å². The van der Waals surface area contributed by atoms with Crippen LogP contribution in [0.25, 0.3) is 11.5 Å². The summed E-state index contributed by atoms with van der Waals surface area (Å²) in [4.78, 5) is 19.5. The average molecular weight is 390 g/mol. The van der Waals surface area contributed by atoms with Crippen LogP contribution >= 0.6 is 11.3 Å². The Hall–Kier alpha value is -1.66. The van der Waals surface area contributed by atoms with Crippen molar-refractivity contribution in [2.75, 3.05) is 19.6 Å². The van der Waals surface area contributed by atoms with Crippen LogP contribution in [0, 0.1) is 12.8 Å². The Balaban J connectivity index is 1.55. The van der Waals surface area contributed by atoms with E-state index in [4.69, 9.17) is 4.42 Å². The number of oxazole rings is 1. The van der Waals surface area contributed by atoms with Gasteiger partial charge in [-0.15, -0.1) is 0 Å². The number of aryl methyl sites for hydroxylation is 1. The molecule has 0 radical (unpaired) electrons. The highest BCUT2D eigenvalue weighted by molar-refractivity contribution is 7.08. The van der Waals surface area contributed by atoms with Crippen molar-refractivity contribution < 1.29 is 9.21 Å². The summed E-state index contributed by atoms with van der Waals surface area (Å²) in [5.74, 6) is 2.09. The van der Waals surface area contributed by atoms with E-state index >= 15 is 0 Å². The van der Waals surface area contributed by atoms with Crippen molar-refractivity contribution in [3.63, 3.8) is 0 Å². The molecule has 1 aliphatic rings. The molecule has 1 aliphatic heterocycles. The highest BCUT2D eigenvalue weighted by atomic mass is 32.1. The summed E-state index contributed by atoms with van der Waals surface area (Å²) >= 11 is 1.61. The second kappa shape index (κ2) is 8.57. The second-order valence-electron chi connectivity index (χ2n) is 8.16. The Bertz CT molecular complexity index is 752. The molecular weight excluding hydrogens is 358 g/mol. The lowest BCUT2D eigenvalue weighted by molar-refractivity contribution is -0.121. The van der Waals surface area contributed by atoms with E-state index in [9.17, 15) is 4.79 Å². The topological polar surface area (TPSA) is 58.4 Å². The van der Waals surface area contributed by atoms with E-state index in [1.54, 1.807) is 11.3 Å². The summed E-state index contributed by atoms with van der Waals surface area (Å²) in [6, 6.07) is 1.98. The molecule has 0 bridgehead atoms. The molecule has 0 aliphatic carbocycles. The minimum absolute atomic E-state index is 0.000365. The smallest absolute Gasteiger partial charge is 0.227 e. The van der Waals surface area contributed by atoms with E-state index in [1.165, 1.54) is 19.3 Å². The van der Waals surface area contributed by atoms with Gasteiger partial charge in [0.15, 0.2) is 0 Å². The number of hydrogen-bond acceptors (Lipinski definition) is 5. The minimum Gasteiger partial charge on any atom is -0.441 e. The van der Waals surface area contributed by atoms with Crippen LogP contribution < -0.4 is 5.32 Å². The first-order valence-corrected chi connectivity index (χ1v) is 10.8. The number of carbonyl (C=O) groups excluding carboxylic acids is 1. The number of nitrogens with zero attached hydrogens (tertiary/aromatic N) is 2. The van der Waals surface area contributed by atoms with Crippen molar-refractivity contribution in [3.05, 3.63) is 28.3 Å². The normalized spacial score (nSPS) is 18.6. The molecule has 3 rings (SSSR count). The molecule has 27 heavy (non-hydrogen) atoms. The lowest BCUT2D eigenvalue weighted by Gasteiger charge is -2.43. The summed E-state index contributed by atoms with van der Waals surface area (Å²) in [5.41, 5.74) is 1.64. The molecule has 1 N–H and O–H groups in total. The van der Waals surface area contributed by atoms with Crippen molar-refractivity contribution in [2.45, 2.75) is 58.9 Å². The van der Waals surface area contributed by atoms with Gasteiger partial charge in [0, 0.05) is 29.6 Å². The molecular formula is C21H31N3O2S. The summed E-state index contributed by atoms with van der Waals surface area (Å²) in [6.07, 6.45) is 4.07. The van der Waals surface area contributed by atoms with Crippen LogP contribution in [0.3, 0.4) is 0 Å². The molecule has 6 heteroatoms. The quantitative estimate of drug-likeness (QED) is 0.768. The molecule has 1 amide bonds. The number of nitrogens with one attached hydrogen (secondary N) is 1.